The summed E-state index contributed by atoms with van der Waals surface area (Å²) in [6, 6.07) is 0.591. The first kappa shape index (κ1) is 14.3. The fourth-order valence-corrected chi connectivity index (χ4v) is 3.73. The van der Waals surface area contributed by atoms with Gasteiger partial charge in [0.1, 0.15) is 0 Å². The molecule has 2 saturated carbocycles. The van der Waals surface area contributed by atoms with E-state index in [-0.39, 0.29) is 5.41 Å². The van der Waals surface area contributed by atoms with E-state index < -0.39 is 0 Å². The lowest BCUT2D eigenvalue weighted by Crippen LogP contribution is -2.62. The Morgan fingerprint density at radius 3 is 2.39 bits per heavy atom. The second-order valence-corrected chi connectivity index (χ2v) is 6.98. The summed E-state index contributed by atoms with van der Waals surface area (Å²) < 4.78 is 5.51. The Morgan fingerprint density at radius 2 is 1.89 bits per heavy atom. The molecule has 2 aliphatic rings. The molecule has 0 heterocycles. The fourth-order valence-electron chi connectivity index (χ4n) is 3.73. The normalized spacial score (nSPS) is 34.0. The quantitative estimate of drug-likeness (QED) is 0.791. The third kappa shape index (κ3) is 2.59. The van der Waals surface area contributed by atoms with E-state index in [0.717, 1.165) is 19.5 Å². The van der Waals surface area contributed by atoms with E-state index in [1.165, 1.54) is 32.1 Å². The smallest absolute Gasteiger partial charge is 0.0652 e. The highest BCUT2D eigenvalue weighted by atomic mass is 16.5. The van der Waals surface area contributed by atoms with Crippen LogP contribution in [0.3, 0.4) is 0 Å². The number of rotatable bonds is 5. The van der Waals surface area contributed by atoms with Gasteiger partial charge in [0.2, 0.25) is 0 Å². The Hall–Kier alpha value is -0.120. The molecule has 0 bridgehead atoms. The van der Waals surface area contributed by atoms with Gasteiger partial charge in [-0.25, -0.2) is 0 Å². The van der Waals surface area contributed by atoms with Crippen LogP contribution in [0.5, 0.6) is 0 Å². The van der Waals surface area contributed by atoms with Gasteiger partial charge in [0.05, 0.1) is 6.10 Å². The maximum absolute atomic E-state index is 6.04. The lowest BCUT2D eigenvalue weighted by molar-refractivity contribution is -0.0999. The molecule has 3 nitrogen and oxygen atoms in total. The first-order valence-electron chi connectivity index (χ1n) is 7.50. The Morgan fingerprint density at radius 1 is 1.22 bits per heavy atom. The van der Waals surface area contributed by atoms with E-state index in [2.05, 4.69) is 19.2 Å². The summed E-state index contributed by atoms with van der Waals surface area (Å²) in [6.45, 7) is 6.53. The number of nitrogens with two attached hydrogens (primary N) is 1. The zero-order valence-electron chi connectivity index (χ0n) is 12.3. The Bertz CT molecular complexity index is 272. The molecule has 0 aromatic rings. The molecular weight excluding hydrogens is 224 g/mol. The van der Waals surface area contributed by atoms with Crippen molar-refractivity contribution in [1.82, 2.24) is 5.32 Å². The Kier molecular flexibility index (Phi) is 4.35. The number of ether oxygens (including phenoxy) is 1. The molecule has 2 aliphatic carbocycles. The van der Waals surface area contributed by atoms with Gasteiger partial charge in [0, 0.05) is 25.1 Å². The summed E-state index contributed by atoms with van der Waals surface area (Å²) in [5, 5.41) is 3.78. The zero-order chi connectivity index (χ0) is 13.2. The molecule has 2 unspecified atom stereocenters. The number of hydrogen-bond acceptors (Lipinski definition) is 3. The second kappa shape index (κ2) is 5.48. The molecule has 0 aromatic carbocycles. The molecule has 0 radical (unpaired) electrons. The summed E-state index contributed by atoms with van der Waals surface area (Å²) in [4.78, 5) is 0. The fraction of sp³-hybridized carbons (Fsp3) is 1.00. The molecule has 3 N–H and O–H groups in total. The van der Waals surface area contributed by atoms with Gasteiger partial charge >= 0.3 is 0 Å². The second-order valence-electron chi connectivity index (χ2n) is 6.98. The number of nitrogens with one attached hydrogen (secondary N) is 1. The van der Waals surface area contributed by atoms with Crippen molar-refractivity contribution in [3.8, 4) is 0 Å². The van der Waals surface area contributed by atoms with Crippen molar-refractivity contribution in [1.29, 1.82) is 0 Å². The van der Waals surface area contributed by atoms with E-state index in [9.17, 15) is 0 Å². The summed E-state index contributed by atoms with van der Waals surface area (Å²) in [5.74, 6) is 0. The van der Waals surface area contributed by atoms with Crippen LogP contribution in [0.2, 0.25) is 0 Å². The van der Waals surface area contributed by atoms with Crippen molar-refractivity contribution in [2.75, 3.05) is 20.2 Å². The average molecular weight is 254 g/mol. The molecule has 2 atom stereocenters. The Balaban J connectivity index is 1.84. The van der Waals surface area contributed by atoms with Gasteiger partial charge in [-0.05, 0) is 31.2 Å². The van der Waals surface area contributed by atoms with Crippen molar-refractivity contribution in [3.05, 3.63) is 0 Å². The van der Waals surface area contributed by atoms with Gasteiger partial charge in [-0.3, -0.25) is 0 Å². The van der Waals surface area contributed by atoms with Gasteiger partial charge < -0.3 is 15.8 Å². The lowest BCUT2D eigenvalue weighted by Gasteiger charge is -2.52. The van der Waals surface area contributed by atoms with E-state index in [0.29, 0.717) is 17.6 Å². The van der Waals surface area contributed by atoms with Crippen LogP contribution in [0, 0.1) is 10.8 Å². The third-order valence-electron chi connectivity index (χ3n) is 5.53. The summed E-state index contributed by atoms with van der Waals surface area (Å²) in [6.07, 6.45) is 8.26. The third-order valence-corrected chi connectivity index (χ3v) is 5.53. The highest BCUT2D eigenvalue weighted by Crippen LogP contribution is 2.43. The summed E-state index contributed by atoms with van der Waals surface area (Å²) >= 11 is 0. The van der Waals surface area contributed by atoms with Crippen LogP contribution in [0.1, 0.15) is 52.4 Å². The van der Waals surface area contributed by atoms with E-state index >= 15 is 0 Å². The highest BCUT2D eigenvalue weighted by molar-refractivity contribution is 5.03. The van der Waals surface area contributed by atoms with E-state index in [1.54, 1.807) is 0 Å². The molecule has 0 amide bonds. The minimum Gasteiger partial charge on any atom is -0.381 e. The van der Waals surface area contributed by atoms with Crippen LogP contribution in [-0.4, -0.2) is 32.3 Å². The van der Waals surface area contributed by atoms with E-state index in [1.807, 2.05) is 7.11 Å². The minimum atomic E-state index is 0.263. The molecule has 0 aromatic heterocycles. The summed E-state index contributed by atoms with van der Waals surface area (Å²) in [5.41, 5.74) is 6.67. The topological polar surface area (TPSA) is 47.3 Å². The maximum atomic E-state index is 6.04. The molecule has 0 spiro atoms. The molecule has 106 valence electrons. The van der Waals surface area contributed by atoms with Gasteiger partial charge in [-0.15, -0.1) is 0 Å². The van der Waals surface area contributed by atoms with Crippen LogP contribution in [0.25, 0.3) is 0 Å². The van der Waals surface area contributed by atoms with Crippen LogP contribution < -0.4 is 11.1 Å². The van der Waals surface area contributed by atoms with Gasteiger partial charge in [0.15, 0.2) is 0 Å². The first-order valence-corrected chi connectivity index (χ1v) is 7.50. The number of hydrogen-bond donors (Lipinski definition) is 2. The van der Waals surface area contributed by atoms with Gasteiger partial charge in [-0.2, -0.15) is 0 Å². The minimum absolute atomic E-state index is 0.263. The van der Waals surface area contributed by atoms with Crippen LogP contribution >= 0.6 is 0 Å². The predicted molar refractivity (Wildman–Crippen MR) is 75.6 cm³/mol. The molecule has 2 fully saturated rings. The van der Waals surface area contributed by atoms with Gasteiger partial charge in [0.25, 0.3) is 0 Å². The van der Waals surface area contributed by atoms with Crippen molar-refractivity contribution >= 4 is 0 Å². The predicted octanol–water partition coefficient (Wildman–Crippen LogP) is 2.30. The van der Waals surface area contributed by atoms with Crippen molar-refractivity contribution in [3.63, 3.8) is 0 Å². The monoisotopic (exact) mass is 254 g/mol. The van der Waals surface area contributed by atoms with Gasteiger partial charge in [-0.1, -0.05) is 33.1 Å². The zero-order valence-corrected chi connectivity index (χ0v) is 12.3. The largest absolute Gasteiger partial charge is 0.381 e. The molecular formula is C15H30N2O. The van der Waals surface area contributed by atoms with Crippen molar-refractivity contribution in [2.45, 2.75) is 64.5 Å². The molecule has 0 saturated heterocycles. The SMILES string of the molecule is COC1CC(NCC2(CN)CCCCC2)C1(C)C. The Labute approximate surface area is 112 Å². The highest BCUT2D eigenvalue weighted by Gasteiger charge is 2.48. The standard InChI is InChI=1S/C15H30N2O/c1-14(2)12(9-13(14)18-3)17-11-15(10-16)7-5-4-6-8-15/h12-13,17H,4-11,16H2,1-3H3. The molecule has 3 heteroatoms. The van der Waals surface area contributed by atoms with Crippen molar-refractivity contribution in [2.24, 2.45) is 16.6 Å². The lowest BCUT2D eigenvalue weighted by atomic mass is 9.64. The van der Waals surface area contributed by atoms with E-state index in [4.69, 9.17) is 10.5 Å². The molecule has 0 aliphatic heterocycles. The van der Waals surface area contributed by atoms with Crippen LogP contribution in [0.15, 0.2) is 0 Å². The van der Waals surface area contributed by atoms with Crippen LogP contribution in [-0.2, 0) is 4.74 Å². The van der Waals surface area contributed by atoms with Crippen LogP contribution in [0.4, 0.5) is 0 Å². The first-order chi connectivity index (χ1) is 8.54. The van der Waals surface area contributed by atoms with Crippen molar-refractivity contribution < 1.29 is 4.74 Å². The molecule has 2 rings (SSSR count). The maximum Gasteiger partial charge on any atom is 0.0652 e. The number of methoxy groups -OCH3 is 1. The average Bonchev–Trinajstić information content (AvgIpc) is 2.39. The molecule has 18 heavy (non-hydrogen) atoms. The summed E-state index contributed by atoms with van der Waals surface area (Å²) in [7, 11) is 1.82.